The molecule has 4 N–H and O–H groups in total. The Bertz CT molecular complexity index is 401. The number of rotatable bonds is 7. The smallest absolute Gasteiger partial charge is 0.144 e. The summed E-state index contributed by atoms with van der Waals surface area (Å²) in [5, 5.41) is 18.3. The van der Waals surface area contributed by atoms with Gasteiger partial charge in [-0.1, -0.05) is 19.0 Å². The van der Waals surface area contributed by atoms with Crippen LogP contribution in [0.1, 0.15) is 31.0 Å². The van der Waals surface area contributed by atoms with Crippen molar-refractivity contribution in [3.05, 3.63) is 16.1 Å². The number of nitrogens with one attached hydrogen (secondary N) is 1. The molecule has 0 atom stereocenters. The van der Waals surface area contributed by atoms with Gasteiger partial charge in [-0.05, 0) is 19.9 Å². The van der Waals surface area contributed by atoms with Gasteiger partial charge in [-0.15, -0.1) is 11.3 Å². The van der Waals surface area contributed by atoms with Crippen molar-refractivity contribution in [2.45, 2.75) is 33.6 Å². The van der Waals surface area contributed by atoms with E-state index >= 15 is 0 Å². The highest BCUT2D eigenvalue weighted by Gasteiger charge is 2.22. The first kappa shape index (κ1) is 14.9. The fourth-order valence-corrected chi connectivity index (χ4v) is 2.18. The quantitative estimate of drug-likeness (QED) is 0.232. The Labute approximate surface area is 112 Å². The molecule has 0 bridgehead atoms. The summed E-state index contributed by atoms with van der Waals surface area (Å²) in [6.07, 6.45) is 1.77. The van der Waals surface area contributed by atoms with Crippen molar-refractivity contribution in [2.24, 2.45) is 16.3 Å². The molecule has 1 aromatic heterocycles. The monoisotopic (exact) mass is 270 g/mol. The summed E-state index contributed by atoms with van der Waals surface area (Å²) in [5.74, 6) is 0.277. The van der Waals surface area contributed by atoms with E-state index in [4.69, 9.17) is 10.9 Å². The maximum absolute atomic E-state index is 8.66. The number of nitrogens with two attached hydrogens (primary N) is 1. The number of amidine groups is 1. The summed E-state index contributed by atoms with van der Waals surface area (Å²) in [7, 11) is 0. The van der Waals surface area contributed by atoms with Gasteiger partial charge in [0.05, 0.1) is 10.7 Å². The standard InChI is InChI=1S/C12H22N4OS/c1-9-15-10(8-18-9)4-6-14-7-5-12(2,3)11(13)16-17/h8,14,17H,4-7H2,1-3H3,(H2,13,16). The van der Waals surface area contributed by atoms with Gasteiger partial charge in [-0.3, -0.25) is 0 Å². The molecule has 0 aliphatic carbocycles. The first-order valence-electron chi connectivity index (χ1n) is 6.05. The van der Waals surface area contributed by atoms with Crippen LogP contribution in [0.2, 0.25) is 0 Å². The molecule has 5 nitrogen and oxygen atoms in total. The van der Waals surface area contributed by atoms with E-state index in [0.29, 0.717) is 0 Å². The Morgan fingerprint density at radius 1 is 1.56 bits per heavy atom. The number of hydrogen-bond donors (Lipinski definition) is 3. The van der Waals surface area contributed by atoms with Crippen LogP contribution in [0.5, 0.6) is 0 Å². The van der Waals surface area contributed by atoms with Crippen molar-refractivity contribution >= 4 is 17.2 Å². The molecule has 0 saturated heterocycles. The van der Waals surface area contributed by atoms with E-state index in [1.54, 1.807) is 11.3 Å². The molecule has 18 heavy (non-hydrogen) atoms. The van der Waals surface area contributed by atoms with E-state index < -0.39 is 0 Å². The van der Waals surface area contributed by atoms with Crippen LogP contribution in [0.25, 0.3) is 0 Å². The Morgan fingerprint density at radius 2 is 2.28 bits per heavy atom. The third-order valence-electron chi connectivity index (χ3n) is 2.95. The van der Waals surface area contributed by atoms with E-state index in [1.807, 2.05) is 20.8 Å². The lowest BCUT2D eigenvalue weighted by molar-refractivity contribution is 0.305. The molecule has 1 aromatic rings. The average Bonchev–Trinajstić information content (AvgIpc) is 2.73. The lowest BCUT2D eigenvalue weighted by atomic mass is 9.88. The van der Waals surface area contributed by atoms with Gasteiger partial charge < -0.3 is 16.3 Å². The van der Waals surface area contributed by atoms with Crippen LogP contribution < -0.4 is 11.1 Å². The van der Waals surface area contributed by atoms with Crippen LogP contribution in [-0.2, 0) is 6.42 Å². The predicted molar refractivity (Wildman–Crippen MR) is 75.2 cm³/mol. The zero-order chi connectivity index (χ0) is 13.6. The van der Waals surface area contributed by atoms with Gasteiger partial charge >= 0.3 is 0 Å². The first-order chi connectivity index (χ1) is 8.45. The molecule has 0 aromatic carbocycles. The van der Waals surface area contributed by atoms with Crippen molar-refractivity contribution in [3.63, 3.8) is 0 Å². The van der Waals surface area contributed by atoms with Gasteiger partial charge in [0, 0.05) is 23.8 Å². The topological polar surface area (TPSA) is 83.5 Å². The Kier molecular flexibility index (Phi) is 5.55. The second kappa shape index (κ2) is 6.70. The minimum atomic E-state index is -0.279. The van der Waals surface area contributed by atoms with Crippen LogP contribution in [-0.4, -0.2) is 29.1 Å². The highest BCUT2D eigenvalue weighted by Crippen LogP contribution is 2.19. The number of hydrogen-bond acceptors (Lipinski definition) is 5. The van der Waals surface area contributed by atoms with Crippen LogP contribution in [0, 0.1) is 12.3 Å². The molecular formula is C12H22N4OS. The molecule has 0 spiro atoms. The van der Waals surface area contributed by atoms with Crippen molar-refractivity contribution < 1.29 is 5.21 Å². The second-order valence-corrected chi connectivity index (χ2v) is 6.04. The summed E-state index contributed by atoms with van der Waals surface area (Å²) < 4.78 is 0. The molecule has 6 heteroatoms. The van der Waals surface area contributed by atoms with Crippen LogP contribution in [0.3, 0.4) is 0 Å². The summed E-state index contributed by atoms with van der Waals surface area (Å²) >= 11 is 1.68. The average molecular weight is 270 g/mol. The van der Waals surface area contributed by atoms with Crippen molar-refractivity contribution in [2.75, 3.05) is 13.1 Å². The van der Waals surface area contributed by atoms with Gasteiger partial charge in [-0.25, -0.2) is 4.98 Å². The zero-order valence-corrected chi connectivity index (χ0v) is 12.0. The van der Waals surface area contributed by atoms with Crippen LogP contribution >= 0.6 is 11.3 Å². The maximum Gasteiger partial charge on any atom is 0.144 e. The molecule has 0 amide bonds. The molecule has 1 heterocycles. The summed E-state index contributed by atoms with van der Waals surface area (Å²) in [6.45, 7) is 7.68. The van der Waals surface area contributed by atoms with Gasteiger partial charge in [0.25, 0.3) is 0 Å². The fraction of sp³-hybridized carbons (Fsp3) is 0.667. The lowest BCUT2D eigenvalue weighted by Crippen LogP contribution is -2.35. The summed E-state index contributed by atoms with van der Waals surface area (Å²) in [4.78, 5) is 4.40. The molecule has 0 aliphatic heterocycles. The van der Waals surface area contributed by atoms with E-state index in [2.05, 4.69) is 20.8 Å². The van der Waals surface area contributed by atoms with Gasteiger partial charge in [0.2, 0.25) is 0 Å². The number of aromatic nitrogens is 1. The van der Waals surface area contributed by atoms with E-state index in [0.717, 1.165) is 36.6 Å². The fourth-order valence-electron chi connectivity index (χ4n) is 1.53. The number of nitrogens with zero attached hydrogens (tertiary/aromatic N) is 2. The normalized spacial score (nSPS) is 12.9. The third-order valence-corrected chi connectivity index (χ3v) is 3.77. The molecule has 0 fully saturated rings. The second-order valence-electron chi connectivity index (χ2n) is 4.98. The zero-order valence-electron chi connectivity index (χ0n) is 11.2. The van der Waals surface area contributed by atoms with Crippen LogP contribution in [0.4, 0.5) is 0 Å². The highest BCUT2D eigenvalue weighted by atomic mass is 32.1. The van der Waals surface area contributed by atoms with Gasteiger partial charge in [-0.2, -0.15) is 0 Å². The van der Waals surface area contributed by atoms with Crippen molar-refractivity contribution in [3.8, 4) is 0 Å². The molecule has 1 rings (SSSR count). The Hall–Kier alpha value is -1.14. The first-order valence-corrected chi connectivity index (χ1v) is 6.93. The Morgan fingerprint density at radius 3 is 2.83 bits per heavy atom. The van der Waals surface area contributed by atoms with Crippen molar-refractivity contribution in [1.82, 2.24) is 10.3 Å². The Balaban J connectivity index is 2.19. The SMILES string of the molecule is Cc1nc(CCNCCC(C)(C)C(N)=NO)cs1. The molecular weight excluding hydrogens is 248 g/mol. The van der Waals surface area contributed by atoms with Gasteiger partial charge in [0.1, 0.15) is 5.84 Å². The molecule has 0 radical (unpaired) electrons. The molecule has 102 valence electrons. The summed E-state index contributed by atoms with van der Waals surface area (Å²) in [6, 6.07) is 0. The third kappa shape index (κ3) is 4.62. The van der Waals surface area contributed by atoms with E-state index in [-0.39, 0.29) is 11.3 Å². The molecule has 0 saturated carbocycles. The minimum absolute atomic E-state index is 0.277. The maximum atomic E-state index is 8.66. The largest absolute Gasteiger partial charge is 0.409 e. The van der Waals surface area contributed by atoms with Crippen molar-refractivity contribution in [1.29, 1.82) is 0 Å². The van der Waals surface area contributed by atoms with Gasteiger partial charge in [0.15, 0.2) is 0 Å². The summed E-state index contributed by atoms with van der Waals surface area (Å²) in [5.41, 5.74) is 6.48. The van der Waals surface area contributed by atoms with Crippen LogP contribution in [0.15, 0.2) is 10.5 Å². The molecule has 0 aliphatic rings. The number of thiazole rings is 1. The number of oxime groups is 1. The lowest BCUT2D eigenvalue weighted by Gasteiger charge is -2.22. The number of aryl methyl sites for hydroxylation is 1. The highest BCUT2D eigenvalue weighted by molar-refractivity contribution is 7.09. The van der Waals surface area contributed by atoms with E-state index in [1.165, 1.54) is 0 Å². The predicted octanol–water partition coefficient (Wildman–Crippen LogP) is 1.75. The molecule has 0 unspecified atom stereocenters. The minimum Gasteiger partial charge on any atom is -0.409 e. The van der Waals surface area contributed by atoms with E-state index in [9.17, 15) is 0 Å².